The third-order valence-electron chi connectivity index (χ3n) is 4.34. The molecule has 2 rings (SSSR count). The Labute approximate surface area is 137 Å². The van der Waals surface area contributed by atoms with Crippen LogP contribution in [0.1, 0.15) is 30.9 Å². The van der Waals surface area contributed by atoms with Crippen molar-refractivity contribution in [2.45, 2.75) is 38.9 Å². The molecule has 1 atom stereocenters. The van der Waals surface area contributed by atoms with E-state index >= 15 is 0 Å². The normalized spacial score (nSPS) is 20.1. The molecule has 1 aromatic rings. The molecule has 0 bridgehead atoms. The van der Waals surface area contributed by atoms with Crippen LogP contribution in [-0.4, -0.2) is 49.6 Å². The molecule has 1 heterocycles. The molecule has 1 unspecified atom stereocenters. The lowest BCUT2D eigenvalue weighted by Gasteiger charge is -2.36. The summed E-state index contributed by atoms with van der Waals surface area (Å²) in [5.41, 5.74) is 2.72. The predicted molar refractivity (Wildman–Crippen MR) is 93.5 cm³/mol. The van der Waals surface area contributed by atoms with Gasteiger partial charge in [-0.2, -0.15) is 0 Å². The molecule has 0 spiro atoms. The molecule has 21 heavy (non-hydrogen) atoms. The van der Waals surface area contributed by atoms with Gasteiger partial charge in [-0.1, -0.05) is 35.0 Å². The number of benzene rings is 1. The number of nitrogens with zero attached hydrogens (tertiary/aromatic N) is 2. The Morgan fingerprint density at radius 1 is 1.43 bits per heavy atom. The Morgan fingerprint density at radius 3 is 2.90 bits per heavy atom. The van der Waals surface area contributed by atoms with E-state index < -0.39 is 0 Å². The van der Waals surface area contributed by atoms with Gasteiger partial charge in [-0.25, -0.2) is 0 Å². The summed E-state index contributed by atoms with van der Waals surface area (Å²) in [6.45, 7) is 7.54. The first kappa shape index (κ1) is 16.9. The standard InChI is InChI=1S/C17H28BrN3/c1-4-19-11-14-7-8-15(17(18)10-14)12-21(3)16-6-5-9-20(2)13-16/h7-8,10,16,19H,4-6,9,11-13H2,1-3H3. The fourth-order valence-corrected chi connectivity index (χ4v) is 3.55. The number of hydrogen-bond acceptors (Lipinski definition) is 3. The molecule has 0 aliphatic carbocycles. The van der Waals surface area contributed by atoms with Crippen LogP contribution >= 0.6 is 15.9 Å². The summed E-state index contributed by atoms with van der Waals surface area (Å²) in [7, 11) is 4.48. The molecule has 0 radical (unpaired) electrons. The molecule has 0 saturated carbocycles. The van der Waals surface area contributed by atoms with Crippen molar-refractivity contribution in [2.24, 2.45) is 0 Å². The molecule has 1 aromatic carbocycles. The molecule has 1 fully saturated rings. The number of piperidine rings is 1. The van der Waals surface area contributed by atoms with E-state index in [4.69, 9.17) is 0 Å². The molecule has 4 heteroatoms. The number of halogens is 1. The minimum atomic E-state index is 0.678. The summed E-state index contributed by atoms with van der Waals surface area (Å²) in [5.74, 6) is 0. The van der Waals surface area contributed by atoms with Gasteiger partial charge in [-0.05, 0) is 57.2 Å². The Bertz CT molecular complexity index is 450. The van der Waals surface area contributed by atoms with Crippen LogP contribution in [0.25, 0.3) is 0 Å². The number of hydrogen-bond donors (Lipinski definition) is 1. The van der Waals surface area contributed by atoms with Crippen molar-refractivity contribution in [2.75, 3.05) is 33.7 Å². The molecular weight excluding hydrogens is 326 g/mol. The molecule has 1 saturated heterocycles. The minimum Gasteiger partial charge on any atom is -0.313 e. The van der Waals surface area contributed by atoms with E-state index in [0.717, 1.165) is 19.6 Å². The monoisotopic (exact) mass is 353 g/mol. The van der Waals surface area contributed by atoms with E-state index in [1.807, 2.05) is 0 Å². The summed E-state index contributed by atoms with van der Waals surface area (Å²) in [5, 5.41) is 3.37. The van der Waals surface area contributed by atoms with Crippen molar-refractivity contribution in [3.05, 3.63) is 33.8 Å². The van der Waals surface area contributed by atoms with Gasteiger partial charge in [0.2, 0.25) is 0 Å². The van der Waals surface area contributed by atoms with Gasteiger partial charge in [0.05, 0.1) is 0 Å². The lowest BCUT2D eigenvalue weighted by Crippen LogP contribution is -2.44. The van der Waals surface area contributed by atoms with Crippen LogP contribution in [0.3, 0.4) is 0 Å². The van der Waals surface area contributed by atoms with Crippen LogP contribution in [0.5, 0.6) is 0 Å². The number of nitrogens with one attached hydrogen (secondary N) is 1. The van der Waals surface area contributed by atoms with Crippen molar-refractivity contribution >= 4 is 15.9 Å². The second-order valence-corrected chi connectivity index (χ2v) is 7.03. The van der Waals surface area contributed by atoms with Crippen LogP contribution in [0.2, 0.25) is 0 Å². The van der Waals surface area contributed by atoms with Gasteiger partial charge in [0.1, 0.15) is 0 Å². The molecule has 0 aromatic heterocycles. The molecule has 0 amide bonds. The second-order valence-electron chi connectivity index (χ2n) is 6.18. The Morgan fingerprint density at radius 2 is 2.24 bits per heavy atom. The zero-order valence-electron chi connectivity index (χ0n) is 13.5. The Kier molecular flexibility index (Phi) is 6.68. The van der Waals surface area contributed by atoms with Gasteiger partial charge < -0.3 is 10.2 Å². The summed E-state index contributed by atoms with van der Waals surface area (Å²) in [6.07, 6.45) is 2.63. The third-order valence-corrected chi connectivity index (χ3v) is 5.08. The van der Waals surface area contributed by atoms with E-state index in [9.17, 15) is 0 Å². The lowest BCUT2D eigenvalue weighted by molar-refractivity contribution is 0.129. The molecule has 1 aliphatic heterocycles. The van der Waals surface area contributed by atoms with E-state index in [1.54, 1.807) is 0 Å². The van der Waals surface area contributed by atoms with E-state index in [2.05, 4.69) is 70.3 Å². The summed E-state index contributed by atoms with van der Waals surface area (Å²) in [6, 6.07) is 7.43. The van der Waals surface area contributed by atoms with Crippen molar-refractivity contribution in [1.29, 1.82) is 0 Å². The van der Waals surface area contributed by atoms with Crippen LogP contribution in [-0.2, 0) is 13.1 Å². The van der Waals surface area contributed by atoms with Crippen LogP contribution < -0.4 is 5.32 Å². The van der Waals surface area contributed by atoms with Crippen LogP contribution in [0.4, 0.5) is 0 Å². The number of likely N-dealkylation sites (N-methyl/N-ethyl adjacent to an activating group) is 2. The first-order chi connectivity index (χ1) is 10.1. The molecule has 118 valence electrons. The van der Waals surface area contributed by atoms with Gasteiger partial charge in [-0.3, -0.25) is 4.90 Å². The number of likely N-dealkylation sites (tertiary alicyclic amines) is 1. The van der Waals surface area contributed by atoms with Gasteiger partial charge in [0, 0.05) is 30.1 Å². The van der Waals surface area contributed by atoms with E-state index in [-0.39, 0.29) is 0 Å². The maximum absolute atomic E-state index is 3.74. The van der Waals surface area contributed by atoms with Crippen molar-refractivity contribution in [1.82, 2.24) is 15.1 Å². The SMILES string of the molecule is CCNCc1ccc(CN(C)C2CCCN(C)C2)c(Br)c1. The lowest BCUT2D eigenvalue weighted by atomic mass is 10.0. The van der Waals surface area contributed by atoms with Crippen molar-refractivity contribution in [3.63, 3.8) is 0 Å². The van der Waals surface area contributed by atoms with Gasteiger partial charge in [0.15, 0.2) is 0 Å². The highest BCUT2D eigenvalue weighted by Crippen LogP contribution is 2.22. The maximum atomic E-state index is 3.74. The first-order valence-electron chi connectivity index (χ1n) is 7.97. The molecule has 1 N–H and O–H groups in total. The smallest absolute Gasteiger partial charge is 0.0245 e. The topological polar surface area (TPSA) is 18.5 Å². The highest BCUT2D eigenvalue weighted by Gasteiger charge is 2.21. The minimum absolute atomic E-state index is 0.678. The summed E-state index contributed by atoms with van der Waals surface area (Å²) >= 11 is 3.74. The van der Waals surface area contributed by atoms with E-state index in [1.165, 1.54) is 41.5 Å². The highest BCUT2D eigenvalue weighted by molar-refractivity contribution is 9.10. The third kappa shape index (κ3) is 5.06. The number of rotatable bonds is 6. The molecule has 3 nitrogen and oxygen atoms in total. The second kappa shape index (κ2) is 8.28. The first-order valence-corrected chi connectivity index (χ1v) is 8.76. The van der Waals surface area contributed by atoms with Crippen molar-refractivity contribution < 1.29 is 0 Å². The zero-order valence-corrected chi connectivity index (χ0v) is 15.1. The molecular formula is C17H28BrN3. The molecule has 1 aliphatic rings. The summed E-state index contributed by atoms with van der Waals surface area (Å²) < 4.78 is 1.23. The van der Waals surface area contributed by atoms with Gasteiger partial charge >= 0.3 is 0 Å². The largest absolute Gasteiger partial charge is 0.313 e. The van der Waals surface area contributed by atoms with Gasteiger partial charge in [0.25, 0.3) is 0 Å². The summed E-state index contributed by atoms with van der Waals surface area (Å²) in [4.78, 5) is 4.94. The van der Waals surface area contributed by atoms with E-state index in [0.29, 0.717) is 6.04 Å². The fourth-order valence-electron chi connectivity index (χ4n) is 3.00. The fraction of sp³-hybridized carbons (Fsp3) is 0.647. The quantitative estimate of drug-likeness (QED) is 0.847. The van der Waals surface area contributed by atoms with Crippen LogP contribution in [0.15, 0.2) is 22.7 Å². The Balaban J connectivity index is 1.95. The average molecular weight is 354 g/mol. The average Bonchev–Trinajstić information content (AvgIpc) is 2.47. The van der Waals surface area contributed by atoms with Gasteiger partial charge in [-0.15, -0.1) is 0 Å². The predicted octanol–water partition coefficient (Wildman–Crippen LogP) is 3.08. The van der Waals surface area contributed by atoms with Crippen LogP contribution in [0, 0.1) is 0 Å². The maximum Gasteiger partial charge on any atom is 0.0245 e. The highest BCUT2D eigenvalue weighted by atomic mass is 79.9. The Hall–Kier alpha value is -0.420. The van der Waals surface area contributed by atoms with Crippen molar-refractivity contribution in [3.8, 4) is 0 Å². The zero-order chi connectivity index (χ0) is 15.2.